The molecule has 0 spiro atoms. The lowest BCUT2D eigenvalue weighted by Gasteiger charge is -2.14. The fraction of sp³-hybridized carbons (Fsp3) is 0.424. The van der Waals surface area contributed by atoms with Gasteiger partial charge in [-0.3, -0.25) is 14.2 Å². The SMILES string of the molecule is CCCc1c(C(=O)C(N)=O)c(CCCCCP(=O)(OC)C(=O)OCC)c(C)n1Cc1cccc(Cc2ccccc2)c1. The average molecular weight is 595 g/mol. The van der Waals surface area contributed by atoms with Gasteiger partial charge in [0.25, 0.3) is 11.7 Å². The second kappa shape index (κ2) is 15.7. The third-order valence-corrected chi connectivity index (χ3v) is 9.68. The van der Waals surface area contributed by atoms with Crippen LogP contribution in [0, 0.1) is 6.92 Å². The first-order valence-corrected chi connectivity index (χ1v) is 16.4. The zero-order chi connectivity index (χ0) is 30.7. The molecule has 0 radical (unpaired) electrons. The largest absolute Gasteiger partial charge is 0.459 e. The molecule has 0 saturated heterocycles. The number of carbonyl (C=O) groups excluding carboxylic acids is 3. The Morgan fingerprint density at radius 3 is 2.24 bits per heavy atom. The summed E-state index contributed by atoms with van der Waals surface area (Å²) in [5.74, 6) is -1.63. The molecule has 1 heterocycles. The van der Waals surface area contributed by atoms with Crippen LogP contribution in [0.1, 0.15) is 83.5 Å². The van der Waals surface area contributed by atoms with Crippen LogP contribution >= 0.6 is 7.37 Å². The number of carbonyl (C=O) groups is 3. The minimum atomic E-state index is -3.53. The fourth-order valence-electron chi connectivity index (χ4n) is 5.39. The van der Waals surface area contributed by atoms with Gasteiger partial charge in [0, 0.05) is 31.2 Å². The van der Waals surface area contributed by atoms with Gasteiger partial charge in [0.15, 0.2) is 0 Å². The predicted molar refractivity (Wildman–Crippen MR) is 166 cm³/mol. The molecule has 0 aliphatic rings. The standard InChI is InChI=1S/C33H43N2O6P/c1-5-14-29-30(31(36)32(34)37)28(19-11-8-12-20-42(39,40-4)33(38)41-6-2)24(3)35(29)23-27-18-13-17-26(22-27)21-25-15-9-7-10-16-25/h7,9-10,13,15-18,22H,5-6,8,11-12,14,19-21,23H2,1-4H3,(H2,34,37). The van der Waals surface area contributed by atoms with Crippen molar-refractivity contribution in [2.24, 2.45) is 5.73 Å². The molecular formula is C33H43N2O6P. The Morgan fingerprint density at radius 1 is 0.905 bits per heavy atom. The summed E-state index contributed by atoms with van der Waals surface area (Å²) >= 11 is 0. The summed E-state index contributed by atoms with van der Waals surface area (Å²) in [6, 6.07) is 18.7. The Balaban J connectivity index is 1.85. The lowest BCUT2D eigenvalue weighted by atomic mass is 9.97. The van der Waals surface area contributed by atoms with Crippen LogP contribution in [-0.2, 0) is 44.4 Å². The van der Waals surface area contributed by atoms with Crippen molar-refractivity contribution in [1.82, 2.24) is 4.57 Å². The molecule has 0 saturated carbocycles. The monoisotopic (exact) mass is 594 g/mol. The van der Waals surface area contributed by atoms with Gasteiger partial charge in [-0.15, -0.1) is 0 Å². The molecule has 3 rings (SSSR count). The summed E-state index contributed by atoms with van der Waals surface area (Å²) in [5, 5.41) is 0. The van der Waals surface area contributed by atoms with Crippen molar-refractivity contribution >= 4 is 24.8 Å². The van der Waals surface area contributed by atoms with E-state index in [-0.39, 0.29) is 12.8 Å². The number of ketones is 1. The van der Waals surface area contributed by atoms with Gasteiger partial charge >= 0.3 is 13.1 Å². The average Bonchev–Trinajstić information content (AvgIpc) is 3.23. The zero-order valence-corrected chi connectivity index (χ0v) is 26.1. The second-order valence-corrected chi connectivity index (χ2v) is 13.0. The van der Waals surface area contributed by atoms with E-state index in [1.54, 1.807) is 6.92 Å². The maximum atomic E-state index is 13.1. The van der Waals surface area contributed by atoms with Crippen molar-refractivity contribution in [1.29, 1.82) is 0 Å². The minimum Gasteiger partial charge on any atom is -0.459 e. The van der Waals surface area contributed by atoms with Gasteiger partial charge in [-0.1, -0.05) is 74.4 Å². The van der Waals surface area contributed by atoms with E-state index < -0.39 is 24.8 Å². The van der Waals surface area contributed by atoms with E-state index >= 15 is 0 Å². The van der Waals surface area contributed by atoms with Crippen molar-refractivity contribution in [3.63, 3.8) is 0 Å². The van der Waals surface area contributed by atoms with Crippen LogP contribution in [0.3, 0.4) is 0 Å². The number of hydrogen-bond donors (Lipinski definition) is 1. The molecule has 226 valence electrons. The maximum absolute atomic E-state index is 13.1. The van der Waals surface area contributed by atoms with Crippen molar-refractivity contribution in [3.8, 4) is 0 Å². The first-order chi connectivity index (χ1) is 20.1. The van der Waals surface area contributed by atoms with Gasteiger partial charge in [0.1, 0.15) is 0 Å². The van der Waals surface area contributed by atoms with Gasteiger partial charge in [0.2, 0.25) is 0 Å². The first kappa shape index (κ1) is 33.0. The lowest BCUT2D eigenvalue weighted by Crippen LogP contribution is -2.25. The van der Waals surface area contributed by atoms with Crippen LogP contribution in [0.25, 0.3) is 0 Å². The number of unbranched alkanes of at least 4 members (excludes halogenated alkanes) is 2. The number of primary amides is 1. The third-order valence-electron chi connectivity index (χ3n) is 7.50. The Morgan fingerprint density at radius 2 is 1.60 bits per heavy atom. The number of nitrogens with two attached hydrogens (primary N) is 1. The van der Waals surface area contributed by atoms with E-state index in [4.69, 9.17) is 15.0 Å². The summed E-state index contributed by atoms with van der Waals surface area (Å²) in [7, 11) is -2.26. The molecule has 0 aliphatic carbocycles. The molecule has 42 heavy (non-hydrogen) atoms. The Bertz CT molecular complexity index is 1430. The van der Waals surface area contributed by atoms with Crippen LogP contribution in [0.2, 0.25) is 0 Å². The molecule has 2 N–H and O–H groups in total. The molecule has 0 aliphatic heterocycles. The van der Waals surface area contributed by atoms with E-state index in [1.807, 2.05) is 32.0 Å². The Labute approximate surface area is 249 Å². The van der Waals surface area contributed by atoms with Crippen molar-refractivity contribution in [3.05, 3.63) is 93.8 Å². The van der Waals surface area contributed by atoms with Crippen molar-refractivity contribution in [2.45, 2.75) is 72.3 Å². The minimum absolute atomic E-state index is 0.0931. The van der Waals surface area contributed by atoms with E-state index in [0.717, 1.165) is 35.4 Å². The highest BCUT2D eigenvalue weighted by Gasteiger charge is 2.33. The summed E-state index contributed by atoms with van der Waals surface area (Å²) < 4.78 is 24.9. The molecule has 1 aromatic heterocycles. The maximum Gasteiger partial charge on any atom is 0.391 e. The quantitative estimate of drug-likeness (QED) is 0.0791. The smallest absolute Gasteiger partial charge is 0.391 e. The van der Waals surface area contributed by atoms with Gasteiger partial charge < -0.3 is 19.6 Å². The molecule has 9 heteroatoms. The van der Waals surface area contributed by atoms with Crippen LogP contribution < -0.4 is 5.73 Å². The van der Waals surface area contributed by atoms with Crippen LogP contribution in [-0.4, -0.2) is 41.8 Å². The zero-order valence-electron chi connectivity index (χ0n) is 25.2. The van der Waals surface area contributed by atoms with Crippen LogP contribution in [0.15, 0.2) is 54.6 Å². The summed E-state index contributed by atoms with van der Waals surface area (Å²) in [4.78, 5) is 37.3. The van der Waals surface area contributed by atoms with Crippen LogP contribution in [0.4, 0.5) is 4.79 Å². The van der Waals surface area contributed by atoms with E-state index in [0.29, 0.717) is 44.2 Å². The second-order valence-electron chi connectivity index (χ2n) is 10.5. The summed E-state index contributed by atoms with van der Waals surface area (Å²) in [6.07, 6.45) is 4.74. The highest BCUT2D eigenvalue weighted by atomic mass is 31.2. The van der Waals surface area contributed by atoms with Crippen molar-refractivity contribution in [2.75, 3.05) is 19.9 Å². The Kier molecular flexibility index (Phi) is 12.3. The predicted octanol–water partition coefficient (Wildman–Crippen LogP) is 6.85. The highest BCUT2D eigenvalue weighted by Crippen LogP contribution is 2.48. The number of rotatable bonds is 17. The number of nitrogens with zero attached hydrogens (tertiary/aromatic N) is 1. The van der Waals surface area contributed by atoms with Gasteiger partial charge in [-0.25, -0.2) is 4.79 Å². The fourth-order valence-corrected chi connectivity index (χ4v) is 6.87. The van der Waals surface area contributed by atoms with E-state index in [1.165, 1.54) is 18.2 Å². The molecule has 0 fully saturated rings. The summed E-state index contributed by atoms with van der Waals surface area (Å²) in [6.45, 7) is 6.39. The number of hydrogen-bond acceptors (Lipinski definition) is 6. The molecule has 1 unspecified atom stereocenters. The number of Topliss-reactive ketones (excluding diaryl/α,β-unsaturated/α-hetero) is 1. The molecule has 8 nitrogen and oxygen atoms in total. The van der Waals surface area contributed by atoms with Crippen molar-refractivity contribution < 1.29 is 28.2 Å². The van der Waals surface area contributed by atoms with Gasteiger partial charge in [-0.2, -0.15) is 0 Å². The van der Waals surface area contributed by atoms with E-state index in [9.17, 15) is 18.9 Å². The normalized spacial score (nSPS) is 12.6. The summed E-state index contributed by atoms with van der Waals surface area (Å²) in [5.41, 5.74) is 11.3. The molecular weight excluding hydrogens is 551 g/mol. The molecule has 0 bridgehead atoms. The molecule has 2 aromatic carbocycles. The molecule has 3 aromatic rings. The first-order valence-electron chi connectivity index (χ1n) is 14.6. The van der Waals surface area contributed by atoms with Gasteiger partial charge in [0.05, 0.1) is 12.2 Å². The topological polar surface area (TPSA) is 118 Å². The third kappa shape index (κ3) is 8.30. The number of amides is 1. The van der Waals surface area contributed by atoms with E-state index in [2.05, 4.69) is 41.0 Å². The Hall–Kier alpha value is -3.48. The number of ether oxygens (including phenoxy) is 1. The molecule has 1 amide bonds. The number of benzene rings is 2. The highest BCUT2D eigenvalue weighted by molar-refractivity contribution is 7.75. The number of aromatic nitrogens is 1. The molecule has 1 atom stereocenters. The lowest BCUT2D eigenvalue weighted by molar-refractivity contribution is -0.114. The van der Waals surface area contributed by atoms with Crippen LogP contribution in [0.5, 0.6) is 0 Å². The van der Waals surface area contributed by atoms with Gasteiger partial charge in [-0.05, 0) is 68.2 Å².